The Bertz CT molecular complexity index is 1040. The van der Waals surface area contributed by atoms with Crippen LogP contribution in [0.3, 0.4) is 0 Å². The van der Waals surface area contributed by atoms with E-state index in [1.807, 2.05) is 25.7 Å². The Balaban J connectivity index is 1.34. The molecule has 0 fully saturated rings. The largest absolute Gasteiger partial charge is 0.361 e. The highest BCUT2D eigenvalue weighted by Gasteiger charge is 2.33. The number of thiazole rings is 1. The molecule has 0 bridgehead atoms. The summed E-state index contributed by atoms with van der Waals surface area (Å²) >= 11 is 1.71. The first-order chi connectivity index (χ1) is 13.5. The van der Waals surface area contributed by atoms with E-state index in [0.29, 0.717) is 6.54 Å². The SMILES string of the molecule is Cc1nc2c([nH]1)CN(C(=O)C1CCc3sc(-c4c(C)noc4C)nc3C1)CC2. The van der Waals surface area contributed by atoms with E-state index in [4.69, 9.17) is 9.51 Å². The van der Waals surface area contributed by atoms with Gasteiger partial charge in [-0.3, -0.25) is 4.79 Å². The Labute approximate surface area is 167 Å². The summed E-state index contributed by atoms with van der Waals surface area (Å²) in [5.74, 6) is 1.99. The van der Waals surface area contributed by atoms with Crippen LogP contribution in [0.2, 0.25) is 0 Å². The zero-order chi connectivity index (χ0) is 19.4. The van der Waals surface area contributed by atoms with Gasteiger partial charge in [0.1, 0.15) is 16.6 Å². The van der Waals surface area contributed by atoms with Gasteiger partial charge in [-0.25, -0.2) is 9.97 Å². The minimum atomic E-state index is 0.0117. The van der Waals surface area contributed by atoms with Crippen LogP contribution in [-0.2, 0) is 30.6 Å². The van der Waals surface area contributed by atoms with Crippen LogP contribution in [0, 0.1) is 26.7 Å². The number of nitrogens with zero attached hydrogens (tertiary/aromatic N) is 4. The standard InChI is InChI=1S/C20H23N5O2S/c1-10-18(11(2)27-24-10)19-23-15-8-13(4-5-17(15)28-19)20(26)25-7-6-14-16(9-25)22-12(3)21-14/h13H,4-9H2,1-3H3,(H,21,22). The molecule has 1 aliphatic carbocycles. The van der Waals surface area contributed by atoms with E-state index in [2.05, 4.69) is 15.1 Å². The minimum Gasteiger partial charge on any atom is -0.361 e. The van der Waals surface area contributed by atoms with E-state index in [-0.39, 0.29) is 11.8 Å². The number of H-pyrrole nitrogens is 1. The summed E-state index contributed by atoms with van der Waals surface area (Å²) < 4.78 is 5.30. The molecule has 0 aromatic carbocycles. The number of hydrogen-bond donors (Lipinski definition) is 1. The summed E-state index contributed by atoms with van der Waals surface area (Å²) in [6, 6.07) is 0. The third-order valence-electron chi connectivity index (χ3n) is 5.80. The molecular weight excluding hydrogens is 374 g/mol. The first-order valence-corrected chi connectivity index (χ1v) is 10.6. The average Bonchev–Trinajstić information content (AvgIpc) is 3.35. The molecule has 7 nitrogen and oxygen atoms in total. The van der Waals surface area contributed by atoms with Crippen LogP contribution in [0.15, 0.2) is 4.52 Å². The number of carbonyl (C=O) groups is 1. The lowest BCUT2D eigenvalue weighted by Crippen LogP contribution is -2.41. The van der Waals surface area contributed by atoms with Crippen LogP contribution in [0.4, 0.5) is 0 Å². The Kier molecular flexibility index (Phi) is 4.12. The number of amides is 1. The summed E-state index contributed by atoms with van der Waals surface area (Å²) in [6.45, 7) is 7.22. The number of nitrogens with one attached hydrogen (secondary N) is 1. The second kappa shape index (κ2) is 6.55. The van der Waals surface area contributed by atoms with E-state index >= 15 is 0 Å². The van der Waals surface area contributed by atoms with Gasteiger partial charge in [-0.15, -0.1) is 11.3 Å². The van der Waals surface area contributed by atoms with Crippen molar-refractivity contribution in [2.24, 2.45) is 5.92 Å². The van der Waals surface area contributed by atoms with Gasteiger partial charge in [0.15, 0.2) is 0 Å². The molecule has 1 N–H and O–H groups in total. The van der Waals surface area contributed by atoms with Gasteiger partial charge in [0.25, 0.3) is 0 Å². The first-order valence-electron chi connectivity index (χ1n) is 9.74. The minimum absolute atomic E-state index is 0.0117. The van der Waals surface area contributed by atoms with Crippen molar-refractivity contribution < 1.29 is 9.32 Å². The molecule has 5 rings (SSSR count). The highest BCUT2D eigenvalue weighted by molar-refractivity contribution is 7.15. The maximum absolute atomic E-state index is 13.2. The molecule has 0 radical (unpaired) electrons. The summed E-state index contributed by atoms with van der Waals surface area (Å²) in [4.78, 5) is 29.1. The number of aromatic nitrogens is 4. The lowest BCUT2D eigenvalue weighted by molar-refractivity contribution is -0.137. The third kappa shape index (κ3) is 2.87. The van der Waals surface area contributed by atoms with Gasteiger partial charge in [-0.2, -0.15) is 0 Å². The number of rotatable bonds is 2. The highest BCUT2D eigenvalue weighted by atomic mass is 32.1. The van der Waals surface area contributed by atoms with Crippen molar-refractivity contribution in [2.75, 3.05) is 6.54 Å². The molecule has 8 heteroatoms. The van der Waals surface area contributed by atoms with Crippen LogP contribution in [0.5, 0.6) is 0 Å². The fourth-order valence-corrected chi connectivity index (χ4v) is 5.62. The van der Waals surface area contributed by atoms with E-state index in [0.717, 1.165) is 77.2 Å². The monoisotopic (exact) mass is 397 g/mol. The Morgan fingerprint density at radius 1 is 1.21 bits per heavy atom. The molecule has 1 amide bonds. The quantitative estimate of drug-likeness (QED) is 0.718. The van der Waals surface area contributed by atoms with Crippen molar-refractivity contribution in [3.63, 3.8) is 0 Å². The lowest BCUT2D eigenvalue weighted by Gasteiger charge is -2.31. The van der Waals surface area contributed by atoms with Gasteiger partial charge in [-0.1, -0.05) is 5.16 Å². The van der Waals surface area contributed by atoms with Gasteiger partial charge in [-0.05, 0) is 33.6 Å². The number of aromatic amines is 1. The van der Waals surface area contributed by atoms with Gasteiger partial charge >= 0.3 is 0 Å². The van der Waals surface area contributed by atoms with Crippen molar-refractivity contribution in [2.45, 2.75) is 53.0 Å². The Morgan fingerprint density at radius 3 is 2.86 bits per heavy atom. The van der Waals surface area contributed by atoms with Crippen molar-refractivity contribution in [1.29, 1.82) is 0 Å². The molecule has 1 unspecified atom stereocenters. The fourth-order valence-electron chi connectivity index (χ4n) is 4.37. The van der Waals surface area contributed by atoms with Crippen molar-refractivity contribution in [1.82, 2.24) is 25.0 Å². The molecule has 146 valence electrons. The van der Waals surface area contributed by atoms with Gasteiger partial charge in [0, 0.05) is 30.2 Å². The van der Waals surface area contributed by atoms with Crippen LogP contribution < -0.4 is 0 Å². The van der Waals surface area contributed by atoms with Crippen LogP contribution in [0.25, 0.3) is 10.6 Å². The molecular formula is C20H23N5O2S. The zero-order valence-corrected chi connectivity index (χ0v) is 17.2. The van der Waals surface area contributed by atoms with Crippen LogP contribution >= 0.6 is 11.3 Å². The number of fused-ring (bicyclic) bond motifs is 2. The molecule has 1 aliphatic heterocycles. The number of imidazole rings is 1. The zero-order valence-electron chi connectivity index (χ0n) is 16.3. The molecule has 28 heavy (non-hydrogen) atoms. The van der Waals surface area contributed by atoms with Crippen LogP contribution in [0.1, 0.15) is 45.7 Å². The van der Waals surface area contributed by atoms with E-state index < -0.39 is 0 Å². The number of hydrogen-bond acceptors (Lipinski definition) is 6. The third-order valence-corrected chi connectivity index (χ3v) is 6.97. The highest BCUT2D eigenvalue weighted by Crippen LogP contribution is 2.37. The second-order valence-electron chi connectivity index (χ2n) is 7.79. The van der Waals surface area contributed by atoms with Gasteiger partial charge < -0.3 is 14.4 Å². The van der Waals surface area contributed by atoms with Crippen LogP contribution in [-0.4, -0.2) is 37.5 Å². The molecule has 3 aromatic heterocycles. The van der Waals surface area contributed by atoms with Crippen molar-refractivity contribution >= 4 is 17.2 Å². The summed E-state index contributed by atoms with van der Waals surface area (Å²) in [6.07, 6.45) is 3.35. The normalized spacial score (nSPS) is 18.8. The molecule has 0 saturated carbocycles. The second-order valence-corrected chi connectivity index (χ2v) is 8.87. The summed E-state index contributed by atoms with van der Waals surface area (Å²) in [5, 5.41) is 5.01. The van der Waals surface area contributed by atoms with E-state index in [9.17, 15) is 4.79 Å². The number of carbonyl (C=O) groups excluding carboxylic acids is 1. The Hall–Kier alpha value is -2.48. The molecule has 0 saturated heterocycles. The van der Waals surface area contributed by atoms with Crippen molar-refractivity contribution in [3.05, 3.63) is 39.2 Å². The Morgan fingerprint density at radius 2 is 2.07 bits per heavy atom. The molecule has 2 aliphatic rings. The summed E-state index contributed by atoms with van der Waals surface area (Å²) in [7, 11) is 0. The topological polar surface area (TPSA) is 87.9 Å². The van der Waals surface area contributed by atoms with Gasteiger partial charge in [0.2, 0.25) is 5.91 Å². The number of aryl methyl sites for hydroxylation is 4. The average molecular weight is 398 g/mol. The molecule has 1 atom stereocenters. The maximum atomic E-state index is 13.2. The van der Waals surface area contributed by atoms with Gasteiger partial charge in [0.05, 0.1) is 34.9 Å². The first kappa shape index (κ1) is 17.6. The predicted molar refractivity (Wildman–Crippen MR) is 105 cm³/mol. The maximum Gasteiger partial charge on any atom is 0.226 e. The molecule has 3 aromatic rings. The van der Waals surface area contributed by atoms with E-state index in [1.165, 1.54) is 4.88 Å². The lowest BCUT2D eigenvalue weighted by atomic mass is 9.89. The van der Waals surface area contributed by atoms with Crippen molar-refractivity contribution in [3.8, 4) is 10.6 Å². The molecule has 0 spiro atoms. The fraction of sp³-hybridized carbons (Fsp3) is 0.500. The summed E-state index contributed by atoms with van der Waals surface area (Å²) in [5.41, 5.74) is 5.13. The predicted octanol–water partition coefficient (Wildman–Crippen LogP) is 3.14. The van der Waals surface area contributed by atoms with E-state index in [1.54, 1.807) is 11.3 Å². The smallest absolute Gasteiger partial charge is 0.226 e. The molecule has 4 heterocycles.